The molecule has 0 saturated heterocycles. The molecule has 0 N–H and O–H groups in total. The molecule has 1 heterocycles. The maximum Gasteiger partial charge on any atom is 0.343 e. The summed E-state index contributed by atoms with van der Waals surface area (Å²) in [5.41, 5.74) is 1.10. The average Bonchev–Trinajstić information content (AvgIpc) is 2.71. The van der Waals surface area contributed by atoms with Gasteiger partial charge in [0.25, 0.3) is 10.0 Å². The van der Waals surface area contributed by atoms with Gasteiger partial charge < -0.3 is 0 Å². The quantitative estimate of drug-likeness (QED) is 0.556. The number of hydrogen-bond donors (Lipinski definition) is 0. The van der Waals surface area contributed by atoms with Crippen molar-refractivity contribution in [2.45, 2.75) is 16.3 Å². The van der Waals surface area contributed by atoms with E-state index in [1.165, 1.54) is 34.9 Å². The van der Waals surface area contributed by atoms with Gasteiger partial charge in [-0.15, -0.1) is 11.8 Å². The van der Waals surface area contributed by atoms with Crippen LogP contribution >= 0.6 is 11.8 Å². The third kappa shape index (κ3) is 3.49. The molecule has 0 unspecified atom stereocenters. The zero-order chi connectivity index (χ0) is 20.6. The summed E-state index contributed by atoms with van der Waals surface area (Å²) < 4.78 is 41.0. The zero-order valence-electron chi connectivity index (χ0n) is 15.4. The number of carbonyl (C=O) groups excluding carboxylic acids is 1. The lowest BCUT2D eigenvalue weighted by Crippen LogP contribution is -2.50. The van der Waals surface area contributed by atoms with Crippen LogP contribution in [-0.2, 0) is 16.6 Å². The van der Waals surface area contributed by atoms with Gasteiger partial charge in [-0.05, 0) is 54.3 Å². The highest BCUT2D eigenvalue weighted by atomic mass is 32.2. The van der Waals surface area contributed by atoms with Crippen molar-refractivity contribution >= 4 is 39.2 Å². The van der Waals surface area contributed by atoms with Crippen molar-refractivity contribution in [2.75, 3.05) is 15.5 Å². The number of anilines is 2. The van der Waals surface area contributed by atoms with Gasteiger partial charge in [-0.25, -0.2) is 17.6 Å². The van der Waals surface area contributed by atoms with Crippen molar-refractivity contribution in [3.05, 3.63) is 84.2 Å². The Morgan fingerprint density at radius 3 is 2.48 bits per heavy atom. The first-order valence-corrected chi connectivity index (χ1v) is 11.4. The fourth-order valence-corrected chi connectivity index (χ4v) is 5.31. The summed E-state index contributed by atoms with van der Waals surface area (Å²) in [5.74, 6) is -0.419. The first-order chi connectivity index (χ1) is 13.9. The minimum atomic E-state index is -4.08. The van der Waals surface area contributed by atoms with E-state index in [4.69, 9.17) is 0 Å². The highest BCUT2D eigenvalue weighted by Crippen LogP contribution is 2.38. The molecule has 5 nitrogen and oxygen atoms in total. The molecule has 0 fully saturated rings. The molecule has 4 rings (SSSR count). The summed E-state index contributed by atoms with van der Waals surface area (Å²) >= 11 is 1.45. The van der Waals surface area contributed by atoms with Crippen LogP contribution in [0, 0.1) is 5.82 Å². The van der Waals surface area contributed by atoms with Crippen molar-refractivity contribution in [1.29, 1.82) is 0 Å². The van der Waals surface area contributed by atoms with E-state index in [0.29, 0.717) is 5.56 Å². The Balaban J connectivity index is 1.87. The highest BCUT2D eigenvalue weighted by molar-refractivity contribution is 7.98. The van der Waals surface area contributed by atoms with Crippen molar-refractivity contribution in [2.24, 2.45) is 0 Å². The van der Waals surface area contributed by atoms with Crippen molar-refractivity contribution in [3.8, 4) is 0 Å². The molecule has 2 amide bonds. The molecule has 0 radical (unpaired) electrons. The molecule has 0 atom stereocenters. The monoisotopic (exact) mass is 428 g/mol. The van der Waals surface area contributed by atoms with Gasteiger partial charge in [-0.3, -0.25) is 4.90 Å². The molecular weight excluding hydrogens is 411 g/mol. The van der Waals surface area contributed by atoms with Crippen LogP contribution in [-0.4, -0.2) is 20.7 Å². The van der Waals surface area contributed by atoms with Gasteiger partial charge in [0.2, 0.25) is 0 Å². The summed E-state index contributed by atoms with van der Waals surface area (Å²) in [5, 5.41) is 0. The Kier molecular flexibility index (Phi) is 5.06. The van der Waals surface area contributed by atoms with E-state index in [-0.39, 0.29) is 22.8 Å². The van der Waals surface area contributed by atoms with Gasteiger partial charge in [-0.1, -0.05) is 30.3 Å². The molecule has 0 bridgehead atoms. The lowest BCUT2D eigenvalue weighted by atomic mass is 10.2. The second-order valence-corrected chi connectivity index (χ2v) is 9.07. The van der Waals surface area contributed by atoms with Crippen LogP contribution < -0.4 is 9.21 Å². The van der Waals surface area contributed by atoms with E-state index in [1.807, 2.05) is 12.3 Å². The van der Waals surface area contributed by atoms with Gasteiger partial charge in [0.15, 0.2) is 0 Å². The fraction of sp³-hybridized carbons (Fsp3) is 0.0952. The van der Waals surface area contributed by atoms with E-state index >= 15 is 0 Å². The number of benzene rings is 3. The van der Waals surface area contributed by atoms with Gasteiger partial charge in [0.05, 0.1) is 17.9 Å². The summed E-state index contributed by atoms with van der Waals surface area (Å²) in [7, 11) is -4.08. The van der Waals surface area contributed by atoms with Crippen LogP contribution in [0.1, 0.15) is 5.56 Å². The van der Waals surface area contributed by atoms with Crippen LogP contribution in [0.5, 0.6) is 0 Å². The summed E-state index contributed by atoms with van der Waals surface area (Å²) in [6, 6.07) is 18.3. The Bertz CT molecular complexity index is 1200. The molecule has 0 aliphatic carbocycles. The number of amides is 2. The molecule has 148 valence electrons. The molecule has 8 heteroatoms. The fourth-order valence-electron chi connectivity index (χ4n) is 3.27. The first kappa shape index (κ1) is 19.5. The van der Waals surface area contributed by atoms with E-state index in [0.717, 1.165) is 9.20 Å². The number of rotatable bonds is 4. The molecule has 0 saturated carbocycles. The van der Waals surface area contributed by atoms with Gasteiger partial charge in [-0.2, -0.15) is 4.31 Å². The molecular formula is C21H17FN2O3S2. The van der Waals surface area contributed by atoms with Crippen molar-refractivity contribution in [1.82, 2.24) is 0 Å². The average molecular weight is 429 g/mol. The molecule has 0 spiro atoms. The third-order valence-corrected chi connectivity index (χ3v) is 7.07. The molecule has 1 aliphatic rings. The standard InChI is InChI=1S/C21H17FN2O3S2/c1-28-18-9-5-8-17(13-18)24-21(25)23(14-15-6-4-7-16(22)12-15)19-10-2-3-11-20(19)29(24,26)27/h2-13H,14H2,1H3. The van der Waals surface area contributed by atoms with Crippen LogP contribution in [0.3, 0.4) is 0 Å². The van der Waals surface area contributed by atoms with Crippen LogP contribution in [0.25, 0.3) is 0 Å². The Morgan fingerprint density at radius 2 is 1.72 bits per heavy atom. The Labute approximate surface area is 172 Å². The number of fused-ring (bicyclic) bond motifs is 1. The van der Waals surface area contributed by atoms with E-state index in [9.17, 15) is 17.6 Å². The number of hydrogen-bond acceptors (Lipinski definition) is 4. The third-order valence-electron chi connectivity index (χ3n) is 4.60. The van der Waals surface area contributed by atoms with Gasteiger partial charge >= 0.3 is 6.03 Å². The topological polar surface area (TPSA) is 57.7 Å². The number of urea groups is 1. The normalized spacial score (nSPS) is 15.3. The lowest BCUT2D eigenvalue weighted by molar-refractivity contribution is 0.253. The zero-order valence-corrected chi connectivity index (χ0v) is 17.1. The first-order valence-electron chi connectivity index (χ1n) is 8.76. The molecule has 3 aromatic rings. The molecule has 3 aromatic carbocycles. The van der Waals surface area contributed by atoms with E-state index in [1.54, 1.807) is 48.5 Å². The summed E-state index contributed by atoms with van der Waals surface area (Å²) in [6.07, 6.45) is 1.87. The predicted molar refractivity (Wildman–Crippen MR) is 112 cm³/mol. The van der Waals surface area contributed by atoms with Gasteiger partial charge in [0.1, 0.15) is 10.7 Å². The maximum atomic E-state index is 13.7. The van der Waals surface area contributed by atoms with Crippen molar-refractivity contribution < 1.29 is 17.6 Å². The smallest absolute Gasteiger partial charge is 0.287 e. The number of thioether (sulfide) groups is 1. The van der Waals surface area contributed by atoms with Crippen LogP contribution in [0.4, 0.5) is 20.6 Å². The minimum absolute atomic E-state index is 0.0329. The number of nitrogens with zero attached hydrogens (tertiary/aromatic N) is 2. The lowest BCUT2D eigenvalue weighted by Gasteiger charge is -2.36. The number of sulfonamides is 1. The second kappa shape index (κ2) is 7.53. The van der Waals surface area contributed by atoms with Gasteiger partial charge in [0, 0.05) is 4.90 Å². The maximum absolute atomic E-state index is 13.7. The number of para-hydroxylation sites is 1. The van der Waals surface area contributed by atoms with E-state index < -0.39 is 21.9 Å². The second-order valence-electron chi connectivity index (χ2n) is 6.44. The summed E-state index contributed by atoms with van der Waals surface area (Å²) in [6.45, 7) is 0.0435. The molecule has 0 aromatic heterocycles. The van der Waals surface area contributed by atoms with Crippen LogP contribution in [0.2, 0.25) is 0 Å². The molecule has 29 heavy (non-hydrogen) atoms. The van der Waals surface area contributed by atoms with Crippen molar-refractivity contribution in [3.63, 3.8) is 0 Å². The Morgan fingerprint density at radius 1 is 0.966 bits per heavy atom. The summed E-state index contributed by atoms with van der Waals surface area (Å²) in [4.78, 5) is 15.6. The molecule has 1 aliphatic heterocycles. The highest BCUT2D eigenvalue weighted by Gasteiger charge is 2.42. The number of carbonyl (C=O) groups is 1. The number of halogens is 1. The SMILES string of the molecule is CSc1cccc(N2C(=O)N(Cc3cccc(F)c3)c3ccccc3S2(=O)=O)c1. The van der Waals surface area contributed by atoms with E-state index in [2.05, 4.69) is 0 Å². The van der Waals surface area contributed by atoms with Crippen LogP contribution in [0.15, 0.2) is 82.6 Å². The largest absolute Gasteiger partial charge is 0.343 e. The predicted octanol–water partition coefficient (Wildman–Crippen LogP) is 4.88. The Hall–Kier alpha value is -2.84. The minimum Gasteiger partial charge on any atom is -0.287 e.